The van der Waals surface area contributed by atoms with E-state index in [4.69, 9.17) is 5.73 Å². The molecular formula is C13H22N4S. The summed E-state index contributed by atoms with van der Waals surface area (Å²) in [4.78, 5) is 13.0. The van der Waals surface area contributed by atoms with E-state index in [0.717, 1.165) is 22.7 Å². The first-order chi connectivity index (χ1) is 8.45. The first-order valence-electron chi connectivity index (χ1n) is 6.57. The highest BCUT2D eigenvalue weighted by molar-refractivity contribution is 7.99. The molecule has 1 aromatic rings. The summed E-state index contributed by atoms with van der Waals surface area (Å²) in [5.74, 6) is 2.80. The zero-order valence-electron chi connectivity index (χ0n) is 11.4. The number of nitrogens with zero attached hydrogens (tertiary/aromatic N) is 3. The fourth-order valence-electron chi connectivity index (χ4n) is 2.09. The molecule has 0 aliphatic heterocycles. The van der Waals surface area contributed by atoms with Gasteiger partial charge in [0.25, 0.3) is 0 Å². The Hall–Kier alpha value is -0.840. The van der Waals surface area contributed by atoms with Gasteiger partial charge in [0, 0.05) is 10.7 Å². The van der Waals surface area contributed by atoms with Crippen LogP contribution < -0.4 is 5.73 Å². The van der Waals surface area contributed by atoms with Gasteiger partial charge < -0.3 is 5.73 Å². The number of nitrogen functional groups attached to an aromatic ring is 1. The van der Waals surface area contributed by atoms with Gasteiger partial charge in [0.1, 0.15) is 11.6 Å². The van der Waals surface area contributed by atoms with E-state index in [-0.39, 0.29) is 5.41 Å². The van der Waals surface area contributed by atoms with Gasteiger partial charge >= 0.3 is 0 Å². The van der Waals surface area contributed by atoms with Gasteiger partial charge in [-0.05, 0) is 12.8 Å². The average molecular weight is 266 g/mol. The normalized spacial score (nSPS) is 17.3. The van der Waals surface area contributed by atoms with E-state index in [1.165, 1.54) is 25.7 Å². The molecule has 5 heteroatoms. The Morgan fingerprint density at radius 1 is 1.17 bits per heavy atom. The van der Waals surface area contributed by atoms with Gasteiger partial charge in [0.15, 0.2) is 0 Å². The third-order valence-electron chi connectivity index (χ3n) is 3.12. The van der Waals surface area contributed by atoms with Crippen molar-refractivity contribution >= 4 is 17.7 Å². The molecule has 0 unspecified atom stereocenters. The minimum Gasteiger partial charge on any atom is -0.368 e. The molecule has 18 heavy (non-hydrogen) atoms. The van der Waals surface area contributed by atoms with Gasteiger partial charge in [-0.15, -0.1) is 0 Å². The van der Waals surface area contributed by atoms with Crippen LogP contribution in [-0.4, -0.2) is 20.2 Å². The summed E-state index contributed by atoms with van der Waals surface area (Å²) in [6.07, 6.45) is 5.39. The van der Waals surface area contributed by atoms with Crippen LogP contribution in [0.2, 0.25) is 0 Å². The molecule has 0 saturated heterocycles. The van der Waals surface area contributed by atoms with Crippen molar-refractivity contribution in [2.75, 3.05) is 5.73 Å². The molecule has 0 amide bonds. The molecule has 100 valence electrons. The molecule has 1 aliphatic rings. The summed E-state index contributed by atoms with van der Waals surface area (Å²) in [7, 11) is 0. The van der Waals surface area contributed by atoms with Crippen molar-refractivity contribution in [3.8, 4) is 0 Å². The molecule has 1 heterocycles. The smallest absolute Gasteiger partial charge is 0.223 e. The number of anilines is 1. The largest absolute Gasteiger partial charge is 0.368 e. The number of nitrogens with two attached hydrogens (primary N) is 1. The number of hydrogen-bond acceptors (Lipinski definition) is 5. The lowest BCUT2D eigenvalue weighted by Crippen LogP contribution is -2.19. The van der Waals surface area contributed by atoms with Crippen LogP contribution in [0.25, 0.3) is 0 Å². The number of hydrogen-bond donors (Lipinski definition) is 1. The van der Waals surface area contributed by atoms with Crippen molar-refractivity contribution in [1.29, 1.82) is 0 Å². The maximum absolute atomic E-state index is 5.77. The lowest BCUT2D eigenvalue weighted by molar-refractivity contribution is 0.539. The molecule has 0 spiro atoms. The van der Waals surface area contributed by atoms with Crippen molar-refractivity contribution in [3.05, 3.63) is 11.6 Å². The van der Waals surface area contributed by atoms with E-state index in [9.17, 15) is 0 Å². The Balaban J connectivity index is 2.05. The lowest BCUT2D eigenvalue weighted by atomic mass is 9.96. The molecule has 0 atom stereocenters. The number of rotatable bonds is 3. The second-order valence-corrected chi connectivity index (χ2v) is 7.19. The van der Waals surface area contributed by atoms with Crippen molar-refractivity contribution in [1.82, 2.24) is 15.0 Å². The Bertz CT molecular complexity index is 408. The van der Waals surface area contributed by atoms with Crippen molar-refractivity contribution < 1.29 is 0 Å². The Kier molecular flexibility index (Phi) is 4.10. The summed E-state index contributed by atoms with van der Waals surface area (Å²) >= 11 is 1.96. The van der Waals surface area contributed by atoms with Crippen LogP contribution in [0.1, 0.15) is 58.1 Å². The topological polar surface area (TPSA) is 64.7 Å². The van der Waals surface area contributed by atoms with E-state index in [2.05, 4.69) is 35.7 Å². The van der Waals surface area contributed by atoms with Crippen LogP contribution in [0.3, 0.4) is 0 Å². The monoisotopic (exact) mass is 266 g/mol. The molecule has 1 aromatic heterocycles. The molecule has 4 nitrogen and oxygen atoms in total. The van der Waals surface area contributed by atoms with Gasteiger partial charge in [-0.3, -0.25) is 0 Å². The maximum Gasteiger partial charge on any atom is 0.223 e. The summed E-state index contributed by atoms with van der Waals surface area (Å²) in [5.41, 5.74) is 5.69. The Labute approximate surface area is 113 Å². The zero-order chi connectivity index (χ0) is 13.2. The molecule has 0 radical (unpaired) electrons. The summed E-state index contributed by atoms with van der Waals surface area (Å²) in [5, 5.41) is 0.779. The van der Waals surface area contributed by atoms with Gasteiger partial charge in [-0.2, -0.15) is 21.7 Å². The summed E-state index contributed by atoms with van der Waals surface area (Å²) in [6, 6.07) is 0. The second-order valence-electron chi connectivity index (χ2n) is 5.90. The van der Waals surface area contributed by atoms with Crippen LogP contribution in [-0.2, 0) is 11.2 Å². The van der Waals surface area contributed by atoms with Crippen LogP contribution >= 0.6 is 11.8 Å². The zero-order valence-corrected chi connectivity index (χ0v) is 12.3. The molecule has 1 saturated carbocycles. The van der Waals surface area contributed by atoms with Crippen LogP contribution in [0.5, 0.6) is 0 Å². The standard InChI is InChI=1S/C13H22N4S/c1-13(2,3)11-15-10(16-12(14)17-11)8-18-9-6-4-5-7-9/h9H,4-8H2,1-3H3,(H2,14,15,16,17). The Morgan fingerprint density at radius 2 is 1.83 bits per heavy atom. The SMILES string of the molecule is CC(C)(C)c1nc(N)nc(CSC2CCCC2)n1. The minimum atomic E-state index is -0.0795. The number of thioether (sulfide) groups is 1. The fourth-order valence-corrected chi connectivity index (χ4v) is 3.27. The van der Waals surface area contributed by atoms with E-state index in [0.29, 0.717) is 5.95 Å². The second kappa shape index (κ2) is 5.43. The quantitative estimate of drug-likeness (QED) is 0.911. The summed E-state index contributed by atoms with van der Waals surface area (Å²) in [6.45, 7) is 6.28. The predicted molar refractivity (Wildman–Crippen MR) is 76.5 cm³/mol. The predicted octanol–water partition coefficient (Wildman–Crippen LogP) is 2.93. The highest BCUT2D eigenvalue weighted by Gasteiger charge is 2.20. The first-order valence-corrected chi connectivity index (χ1v) is 7.62. The Morgan fingerprint density at radius 3 is 2.44 bits per heavy atom. The van der Waals surface area contributed by atoms with Crippen LogP contribution in [0.15, 0.2) is 0 Å². The fraction of sp³-hybridized carbons (Fsp3) is 0.769. The number of aromatic nitrogens is 3. The molecule has 2 N–H and O–H groups in total. The van der Waals surface area contributed by atoms with Crippen molar-refractivity contribution in [2.24, 2.45) is 0 Å². The highest BCUT2D eigenvalue weighted by Crippen LogP contribution is 2.31. The van der Waals surface area contributed by atoms with Crippen LogP contribution in [0.4, 0.5) is 5.95 Å². The van der Waals surface area contributed by atoms with E-state index in [1.807, 2.05) is 11.8 Å². The molecule has 1 fully saturated rings. The lowest BCUT2D eigenvalue weighted by Gasteiger charge is -2.17. The summed E-state index contributed by atoms with van der Waals surface area (Å²) < 4.78 is 0. The molecule has 1 aliphatic carbocycles. The molecule has 0 bridgehead atoms. The van der Waals surface area contributed by atoms with Gasteiger partial charge in [-0.25, -0.2) is 4.98 Å². The highest BCUT2D eigenvalue weighted by atomic mass is 32.2. The van der Waals surface area contributed by atoms with Gasteiger partial charge in [-0.1, -0.05) is 33.6 Å². The van der Waals surface area contributed by atoms with E-state index < -0.39 is 0 Å². The van der Waals surface area contributed by atoms with Gasteiger partial charge in [0.2, 0.25) is 5.95 Å². The molecular weight excluding hydrogens is 244 g/mol. The average Bonchev–Trinajstić information content (AvgIpc) is 2.77. The first kappa shape index (κ1) is 13.6. The maximum atomic E-state index is 5.77. The molecule has 2 rings (SSSR count). The molecule has 0 aromatic carbocycles. The van der Waals surface area contributed by atoms with Crippen LogP contribution in [0, 0.1) is 0 Å². The van der Waals surface area contributed by atoms with E-state index >= 15 is 0 Å². The van der Waals surface area contributed by atoms with Gasteiger partial charge in [0.05, 0.1) is 5.75 Å². The minimum absolute atomic E-state index is 0.0795. The third kappa shape index (κ3) is 3.57. The third-order valence-corrected chi connectivity index (χ3v) is 4.49. The van der Waals surface area contributed by atoms with E-state index in [1.54, 1.807) is 0 Å². The van der Waals surface area contributed by atoms with Crippen molar-refractivity contribution in [2.45, 2.75) is 62.9 Å². The van der Waals surface area contributed by atoms with Crippen molar-refractivity contribution in [3.63, 3.8) is 0 Å².